The van der Waals surface area contributed by atoms with Crippen LogP contribution in [0.3, 0.4) is 0 Å². The predicted octanol–water partition coefficient (Wildman–Crippen LogP) is 4.03. The van der Waals surface area contributed by atoms with E-state index in [4.69, 9.17) is 19.7 Å². The minimum atomic E-state index is -5.07. The molecule has 2 atom stereocenters. The van der Waals surface area contributed by atoms with Gasteiger partial charge in [-0.2, -0.15) is 0 Å². The molecule has 1 aliphatic heterocycles. The summed E-state index contributed by atoms with van der Waals surface area (Å²) >= 11 is 0. The number of amides is 2. The van der Waals surface area contributed by atoms with Gasteiger partial charge in [-0.15, -0.1) is 6.58 Å². The van der Waals surface area contributed by atoms with E-state index in [-0.39, 0.29) is 17.2 Å². The lowest BCUT2D eigenvalue weighted by Crippen LogP contribution is -2.58. The van der Waals surface area contributed by atoms with Gasteiger partial charge in [0, 0.05) is 18.2 Å². The minimum absolute atomic E-state index is 0.0761. The Morgan fingerprint density at radius 3 is 2.22 bits per heavy atom. The van der Waals surface area contributed by atoms with E-state index in [9.17, 15) is 38.2 Å². The van der Waals surface area contributed by atoms with Gasteiger partial charge in [0.1, 0.15) is 5.60 Å². The van der Waals surface area contributed by atoms with Gasteiger partial charge in [0.25, 0.3) is 21.4 Å². The SMILES string of the molecule is C=CCON(C1CN(C(=O)OC(C)(C)C)C(CO[Si](C)(C)C(C)(C)C)C=C1C(N)=O)S(=O)(=O)c1ccc([N+](=O)[O-])cc1[N+](=O)[O-]. The molecule has 1 aromatic rings. The van der Waals surface area contributed by atoms with Crippen molar-refractivity contribution < 1.29 is 41.9 Å². The maximum Gasteiger partial charge on any atom is 0.410 e. The first-order chi connectivity index (χ1) is 20.4. The minimum Gasteiger partial charge on any atom is -0.444 e. The number of nitrogens with two attached hydrogens (primary N) is 1. The van der Waals surface area contributed by atoms with E-state index in [2.05, 4.69) is 6.58 Å². The first-order valence-electron chi connectivity index (χ1n) is 13.8. The van der Waals surface area contributed by atoms with E-state index >= 15 is 0 Å². The number of nitrogens with zero attached hydrogens (tertiary/aromatic N) is 4. The number of non-ortho nitro benzene ring substituents is 1. The zero-order valence-electron chi connectivity index (χ0n) is 26.6. The van der Waals surface area contributed by atoms with Crippen LogP contribution in [0.4, 0.5) is 16.2 Å². The molecule has 0 spiro atoms. The Bertz CT molecular complexity index is 1480. The van der Waals surface area contributed by atoms with Gasteiger partial charge in [-0.1, -0.05) is 31.3 Å². The fourth-order valence-corrected chi connectivity index (χ4v) is 6.53. The number of carbonyl (C=O) groups excluding carboxylic acids is 2. The summed E-state index contributed by atoms with van der Waals surface area (Å²) in [4.78, 5) is 53.1. The van der Waals surface area contributed by atoms with E-state index in [1.54, 1.807) is 20.8 Å². The Morgan fingerprint density at radius 1 is 1.16 bits per heavy atom. The van der Waals surface area contributed by atoms with Crippen molar-refractivity contribution in [3.63, 3.8) is 0 Å². The predicted molar refractivity (Wildman–Crippen MR) is 166 cm³/mol. The number of benzene rings is 1. The van der Waals surface area contributed by atoms with Crippen LogP contribution in [0.2, 0.25) is 18.1 Å². The van der Waals surface area contributed by atoms with Gasteiger partial charge in [0.15, 0.2) is 13.2 Å². The highest BCUT2D eigenvalue weighted by Crippen LogP contribution is 2.38. The number of ether oxygens (including phenoxy) is 1. The van der Waals surface area contributed by atoms with Crippen molar-refractivity contribution in [1.29, 1.82) is 0 Å². The number of nitro benzene ring substituents is 2. The molecule has 0 bridgehead atoms. The van der Waals surface area contributed by atoms with E-state index < -0.39 is 87.3 Å². The zero-order chi connectivity index (χ0) is 34.7. The smallest absolute Gasteiger partial charge is 0.410 e. The molecule has 0 aromatic heterocycles. The molecule has 0 radical (unpaired) electrons. The molecule has 2 N–H and O–H groups in total. The third-order valence-electron chi connectivity index (χ3n) is 7.27. The maximum atomic E-state index is 14.0. The van der Waals surface area contributed by atoms with E-state index in [0.717, 1.165) is 6.07 Å². The molecule has 18 heteroatoms. The van der Waals surface area contributed by atoms with Crippen LogP contribution >= 0.6 is 0 Å². The molecule has 0 saturated heterocycles. The third-order valence-corrected chi connectivity index (χ3v) is 13.5. The van der Waals surface area contributed by atoms with Crippen LogP contribution in [0.1, 0.15) is 41.5 Å². The second-order valence-electron chi connectivity index (χ2n) is 12.8. The largest absolute Gasteiger partial charge is 0.444 e. The Kier molecular flexibility index (Phi) is 11.4. The standard InChI is InChI=1S/C27H41N5O11SSi/c1-10-13-41-32(44(39,40)23-12-11-18(30(35)36)15-21(23)31(37)38)22-16-29(25(34)43-26(2,3)4)19(14-20(22)24(28)33)17-42-45(8,9)27(5,6)7/h10-12,14-15,19,22H,1,13,16-17H2,2-9H3,(H2,28,33). The highest BCUT2D eigenvalue weighted by molar-refractivity contribution is 7.89. The molecule has 0 fully saturated rings. The lowest BCUT2D eigenvalue weighted by Gasteiger charge is -2.43. The third kappa shape index (κ3) is 8.94. The van der Waals surface area contributed by atoms with Crippen molar-refractivity contribution in [3.05, 3.63) is 62.7 Å². The summed E-state index contributed by atoms with van der Waals surface area (Å²) in [6.07, 6.45) is 1.61. The second kappa shape index (κ2) is 13.7. The van der Waals surface area contributed by atoms with Crippen molar-refractivity contribution in [2.24, 2.45) is 5.73 Å². The normalized spacial score (nSPS) is 17.9. The van der Waals surface area contributed by atoms with Crippen molar-refractivity contribution in [1.82, 2.24) is 9.37 Å². The number of hydrogen-bond donors (Lipinski definition) is 1. The second-order valence-corrected chi connectivity index (χ2v) is 19.3. The fourth-order valence-electron chi connectivity index (χ4n) is 3.96. The first-order valence-corrected chi connectivity index (χ1v) is 18.2. The summed E-state index contributed by atoms with van der Waals surface area (Å²) in [5, 5.41) is 22.9. The number of nitro groups is 2. The summed E-state index contributed by atoms with van der Waals surface area (Å²) < 4.78 is 40.3. The van der Waals surface area contributed by atoms with Crippen LogP contribution in [0.25, 0.3) is 0 Å². The molecular formula is C27H41N5O11SSi. The average Bonchev–Trinajstić information content (AvgIpc) is 2.89. The molecule has 250 valence electrons. The summed E-state index contributed by atoms with van der Waals surface area (Å²) in [6.45, 7) is 17.4. The van der Waals surface area contributed by atoms with Gasteiger partial charge in [0.05, 0.1) is 41.2 Å². The van der Waals surface area contributed by atoms with Crippen LogP contribution in [0.15, 0.2) is 47.4 Å². The average molecular weight is 672 g/mol. The summed E-state index contributed by atoms with van der Waals surface area (Å²) in [6, 6.07) is -0.595. The summed E-state index contributed by atoms with van der Waals surface area (Å²) in [5.41, 5.74) is 2.64. The van der Waals surface area contributed by atoms with Crippen LogP contribution < -0.4 is 5.73 Å². The number of sulfonamides is 1. The fraction of sp³-hybridized carbons (Fsp3) is 0.556. The zero-order valence-corrected chi connectivity index (χ0v) is 28.5. The quantitative estimate of drug-likeness (QED) is 0.145. The summed E-state index contributed by atoms with van der Waals surface area (Å²) in [5.74, 6) is -1.05. The molecule has 1 heterocycles. The molecular weight excluding hydrogens is 630 g/mol. The molecule has 1 aromatic carbocycles. The van der Waals surface area contributed by atoms with Crippen molar-refractivity contribution >= 4 is 41.7 Å². The van der Waals surface area contributed by atoms with Gasteiger partial charge >= 0.3 is 6.09 Å². The molecule has 2 unspecified atom stereocenters. The molecule has 2 rings (SSSR count). The number of carbonyl (C=O) groups is 2. The van der Waals surface area contributed by atoms with Crippen molar-refractivity contribution in [2.75, 3.05) is 19.8 Å². The van der Waals surface area contributed by atoms with E-state index in [1.165, 1.54) is 17.1 Å². The van der Waals surface area contributed by atoms with E-state index in [0.29, 0.717) is 16.6 Å². The summed E-state index contributed by atoms with van der Waals surface area (Å²) in [7, 11) is -7.45. The van der Waals surface area contributed by atoms with Crippen LogP contribution in [0, 0.1) is 20.2 Å². The number of primary amides is 1. The molecule has 0 saturated carbocycles. The highest BCUT2D eigenvalue weighted by atomic mass is 32.2. The van der Waals surface area contributed by atoms with Gasteiger partial charge < -0.3 is 14.9 Å². The lowest BCUT2D eigenvalue weighted by molar-refractivity contribution is -0.396. The van der Waals surface area contributed by atoms with Gasteiger partial charge in [0.2, 0.25) is 5.91 Å². The Balaban J connectivity index is 2.78. The molecule has 2 amide bonds. The molecule has 45 heavy (non-hydrogen) atoms. The Hall–Kier alpha value is -3.71. The molecule has 16 nitrogen and oxygen atoms in total. The molecule has 1 aliphatic rings. The number of hydroxylamine groups is 1. The van der Waals surface area contributed by atoms with Crippen LogP contribution in [0.5, 0.6) is 0 Å². The number of rotatable bonds is 12. The van der Waals surface area contributed by atoms with Gasteiger partial charge in [-0.05, 0) is 51.0 Å². The van der Waals surface area contributed by atoms with Gasteiger partial charge in [-0.25, -0.2) is 13.2 Å². The lowest BCUT2D eigenvalue weighted by atomic mass is 9.98. The van der Waals surface area contributed by atoms with Crippen molar-refractivity contribution in [2.45, 2.75) is 82.3 Å². The molecule has 0 aliphatic carbocycles. The van der Waals surface area contributed by atoms with Gasteiger partial charge in [-0.3, -0.25) is 34.8 Å². The first kappa shape index (κ1) is 37.5. The topological polar surface area (TPSA) is 215 Å². The van der Waals surface area contributed by atoms with E-state index in [1.807, 2.05) is 33.9 Å². The van der Waals surface area contributed by atoms with Crippen LogP contribution in [-0.2, 0) is 28.8 Å². The Morgan fingerprint density at radius 2 is 1.76 bits per heavy atom. The maximum absolute atomic E-state index is 14.0. The Labute approximate surface area is 263 Å². The monoisotopic (exact) mass is 671 g/mol. The van der Waals surface area contributed by atoms with Crippen molar-refractivity contribution in [3.8, 4) is 0 Å². The number of hydrogen-bond acceptors (Lipinski definition) is 11. The van der Waals surface area contributed by atoms with Crippen LogP contribution in [-0.4, -0.2) is 85.4 Å². The highest BCUT2D eigenvalue weighted by Gasteiger charge is 2.47.